The van der Waals surface area contributed by atoms with Crippen LogP contribution in [-0.2, 0) is 12.8 Å². The Hall–Kier alpha value is -1.91. The predicted molar refractivity (Wildman–Crippen MR) is 76.1 cm³/mol. The van der Waals surface area contributed by atoms with Crippen molar-refractivity contribution in [2.24, 2.45) is 0 Å². The van der Waals surface area contributed by atoms with E-state index >= 15 is 0 Å². The fraction of sp³-hybridized carbons (Fsp3) is 0.533. The molecule has 5 nitrogen and oxygen atoms in total. The van der Waals surface area contributed by atoms with Crippen LogP contribution < -0.4 is 0 Å². The molecule has 2 aromatic rings. The van der Waals surface area contributed by atoms with Gasteiger partial charge in [-0.15, -0.1) is 0 Å². The van der Waals surface area contributed by atoms with Crippen molar-refractivity contribution in [3.63, 3.8) is 0 Å². The maximum atomic E-state index is 11.7. The molecule has 0 aromatic carbocycles. The van der Waals surface area contributed by atoms with Crippen molar-refractivity contribution >= 4 is 17.0 Å². The molecular weight excluding hydrogens is 254 g/mol. The van der Waals surface area contributed by atoms with Gasteiger partial charge in [0, 0.05) is 11.7 Å². The average Bonchev–Trinajstić information content (AvgIpc) is 2.66. The molecule has 0 saturated heterocycles. The first-order valence-electron chi connectivity index (χ1n) is 7.22. The minimum Gasteiger partial charge on any atom is -0.478 e. The highest BCUT2D eigenvalue weighted by atomic mass is 16.4. The third-order valence-corrected chi connectivity index (χ3v) is 3.97. The van der Waals surface area contributed by atoms with Crippen LogP contribution in [0.1, 0.15) is 60.8 Å². The molecule has 0 atom stereocenters. The highest BCUT2D eigenvalue weighted by molar-refractivity contribution is 6.03. The predicted octanol–water partition coefficient (Wildman–Crippen LogP) is 2.98. The number of nitrogens with zero attached hydrogens (tertiary/aromatic N) is 3. The van der Waals surface area contributed by atoms with Gasteiger partial charge >= 0.3 is 5.97 Å². The molecule has 0 unspecified atom stereocenters. The van der Waals surface area contributed by atoms with Gasteiger partial charge in [0.1, 0.15) is 0 Å². The van der Waals surface area contributed by atoms with Crippen LogP contribution in [0.2, 0.25) is 0 Å². The molecule has 106 valence electrons. The average molecular weight is 273 g/mol. The Morgan fingerprint density at radius 2 is 2.05 bits per heavy atom. The van der Waals surface area contributed by atoms with Crippen LogP contribution in [0, 0.1) is 0 Å². The highest BCUT2D eigenvalue weighted by Crippen LogP contribution is 2.29. The standard InChI is InChI=1S/C15H19N3O2/c1-9(2)18-14-11(8-16-18)13(15(19)20)10-6-4-3-5-7-12(10)17-14/h8-9H,3-7H2,1-2H3,(H,19,20). The maximum Gasteiger partial charge on any atom is 0.336 e. The van der Waals surface area contributed by atoms with Gasteiger partial charge in [0.05, 0.1) is 17.1 Å². The van der Waals surface area contributed by atoms with Crippen molar-refractivity contribution in [2.75, 3.05) is 0 Å². The number of carboxylic acids is 1. The topological polar surface area (TPSA) is 68.0 Å². The van der Waals surface area contributed by atoms with Crippen LogP contribution in [-0.4, -0.2) is 25.8 Å². The number of carboxylic acid groups (broad SMARTS) is 1. The van der Waals surface area contributed by atoms with Gasteiger partial charge < -0.3 is 5.11 Å². The van der Waals surface area contributed by atoms with Gasteiger partial charge in [-0.3, -0.25) is 0 Å². The minimum atomic E-state index is -0.862. The summed E-state index contributed by atoms with van der Waals surface area (Å²) in [5, 5.41) is 14.6. The minimum absolute atomic E-state index is 0.172. The van der Waals surface area contributed by atoms with E-state index in [0.29, 0.717) is 16.6 Å². The number of hydrogen-bond acceptors (Lipinski definition) is 3. The molecule has 1 aliphatic carbocycles. The first-order valence-corrected chi connectivity index (χ1v) is 7.22. The van der Waals surface area contributed by atoms with E-state index in [4.69, 9.17) is 4.98 Å². The third-order valence-electron chi connectivity index (χ3n) is 3.97. The summed E-state index contributed by atoms with van der Waals surface area (Å²) >= 11 is 0. The number of carbonyl (C=O) groups is 1. The lowest BCUT2D eigenvalue weighted by Crippen LogP contribution is -2.10. The van der Waals surface area contributed by atoms with Crippen LogP contribution in [0.3, 0.4) is 0 Å². The van der Waals surface area contributed by atoms with Crippen molar-refractivity contribution < 1.29 is 9.90 Å². The van der Waals surface area contributed by atoms with Crippen LogP contribution in [0.4, 0.5) is 0 Å². The monoisotopic (exact) mass is 273 g/mol. The SMILES string of the molecule is CC(C)n1ncc2c(C(=O)O)c3c(nc21)CCCCC3. The molecule has 3 rings (SSSR count). The fourth-order valence-corrected chi connectivity index (χ4v) is 3.02. The number of pyridine rings is 1. The summed E-state index contributed by atoms with van der Waals surface area (Å²) in [7, 11) is 0. The van der Waals surface area contributed by atoms with Crippen molar-refractivity contribution in [1.29, 1.82) is 0 Å². The Bertz CT molecular complexity index is 673. The lowest BCUT2D eigenvalue weighted by Gasteiger charge is -2.12. The first-order chi connectivity index (χ1) is 9.59. The smallest absolute Gasteiger partial charge is 0.336 e. The summed E-state index contributed by atoms with van der Waals surface area (Å²) in [6.07, 6.45) is 6.60. The van der Waals surface area contributed by atoms with E-state index in [0.717, 1.165) is 43.4 Å². The quantitative estimate of drug-likeness (QED) is 0.854. The molecule has 0 bridgehead atoms. The Kier molecular flexibility index (Phi) is 3.20. The molecule has 0 spiro atoms. The molecule has 0 saturated carbocycles. The molecule has 1 aliphatic rings. The zero-order chi connectivity index (χ0) is 14.3. The van der Waals surface area contributed by atoms with E-state index in [2.05, 4.69) is 5.10 Å². The van der Waals surface area contributed by atoms with Crippen molar-refractivity contribution in [3.8, 4) is 0 Å². The van der Waals surface area contributed by atoms with Crippen molar-refractivity contribution in [2.45, 2.75) is 52.0 Å². The summed E-state index contributed by atoms with van der Waals surface area (Å²) in [6.45, 7) is 4.06. The van der Waals surface area contributed by atoms with Gasteiger partial charge in [0.25, 0.3) is 0 Å². The van der Waals surface area contributed by atoms with Gasteiger partial charge in [-0.05, 0) is 45.1 Å². The van der Waals surface area contributed by atoms with Crippen LogP contribution >= 0.6 is 0 Å². The number of aromatic carboxylic acids is 1. The second-order valence-corrected chi connectivity index (χ2v) is 5.70. The zero-order valence-corrected chi connectivity index (χ0v) is 11.9. The van der Waals surface area contributed by atoms with E-state index in [9.17, 15) is 9.90 Å². The van der Waals surface area contributed by atoms with Gasteiger partial charge in [0.15, 0.2) is 5.65 Å². The first kappa shape index (κ1) is 13.1. The molecule has 0 radical (unpaired) electrons. The maximum absolute atomic E-state index is 11.7. The van der Waals surface area contributed by atoms with Crippen LogP contribution in [0.5, 0.6) is 0 Å². The molecule has 0 fully saturated rings. The molecule has 0 aliphatic heterocycles. The van der Waals surface area contributed by atoms with Crippen LogP contribution in [0.15, 0.2) is 6.20 Å². The molecule has 0 amide bonds. The molecule has 5 heteroatoms. The molecule has 2 aromatic heterocycles. The van der Waals surface area contributed by atoms with Crippen LogP contribution in [0.25, 0.3) is 11.0 Å². The Balaban J connectivity index is 2.34. The normalized spacial score (nSPS) is 15.3. The summed E-state index contributed by atoms with van der Waals surface area (Å²) in [5.41, 5.74) is 3.00. The van der Waals surface area contributed by atoms with E-state index < -0.39 is 5.97 Å². The lowest BCUT2D eigenvalue weighted by atomic mass is 9.99. The molecule has 20 heavy (non-hydrogen) atoms. The van der Waals surface area contributed by atoms with Gasteiger partial charge in [-0.2, -0.15) is 5.10 Å². The van der Waals surface area contributed by atoms with Gasteiger partial charge in [-0.25, -0.2) is 14.5 Å². The van der Waals surface area contributed by atoms with Crippen molar-refractivity contribution in [3.05, 3.63) is 23.0 Å². The fourth-order valence-electron chi connectivity index (χ4n) is 3.02. The van der Waals surface area contributed by atoms with E-state index in [1.165, 1.54) is 0 Å². The Labute approximate surface area is 117 Å². The summed E-state index contributed by atoms with van der Waals surface area (Å²) < 4.78 is 1.81. The molecule has 1 N–H and O–H groups in total. The van der Waals surface area contributed by atoms with E-state index in [1.807, 2.05) is 18.5 Å². The number of rotatable bonds is 2. The lowest BCUT2D eigenvalue weighted by molar-refractivity contribution is 0.0697. The summed E-state index contributed by atoms with van der Waals surface area (Å²) in [4.78, 5) is 16.5. The summed E-state index contributed by atoms with van der Waals surface area (Å²) in [6, 6.07) is 0.172. The Morgan fingerprint density at radius 1 is 1.30 bits per heavy atom. The largest absolute Gasteiger partial charge is 0.478 e. The number of aromatic nitrogens is 3. The van der Waals surface area contributed by atoms with E-state index in [1.54, 1.807) is 6.20 Å². The number of aryl methyl sites for hydroxylation is 1. The Morgan fingerprint density at radius 3 is 2.75 bits per heavy atom. The van der Waals surface area contributed by atoms with E-state index in [-0.39, 0.29) is 6.04 Å². The highest BCUT2D eigenvalue weighted by Gasteiger charge is 2.24. The third kappa shape index (κ3) is 1.97. The van der Waals surface area contributed by atoms with Gasteiger partial charge in [-0.1, -0.05) is 6.42 Å². The number of hydrogen-bond donors (Lipinski definition) is 1. The van der Waals surface area contributed by atoms with Crippen molar-refractivity contribution in [1.82, 2.24) is 14.8 Å². The molecule has 2 heterocycles. The summed E-state index contributed by atoms with van der Waals surface area (Å²) in [5.74, 6) is -0.862. The van der Waals surface area contributed by atoms with Gasteiger partial charge in [0.2, 0.25) is 0 Å². The second-order valence-electron chi connectivity index (χ2n) is 5.70. The zero-order valence-electron chi connectivity index (χ0n) is 11.9. The second kappa shape index (κ2) is 4.89. The number of fused-ring (bicyclic) bond motifs is 2. The molecular formula is C15H19N3O2.